The van der Waals surface area contributed by atoms with Gasteiger partial charge in [-0.05, 0) is 107 Å². The second kappa shape index (κ2) is 13.7. The van der Waals surface area contributed by atoms with E-state index in [2.05, 4.69) is 117 Å². The van der Waals surface area contributed by atoms with Gasteiger partial charge in [0.1, 0.15) is 0 Å². The molecule has 2 aliphatic rings. The predicted molar refractivity (Wildman–Crippen MR) is 223 cm³/mol. The van der Waals surface area contributed by atoms with E-state index in [4.69, 9.17) is 20.0 Å². The Bertz CT molecular complexity index is 2720. The van der Waals surface area contributed by atoms with Crippen LogP contribution in [0.2, 0.25) is 0 Å². The van der Waals surface area contributed by atoms with Gasteiger partial charge < -0.3 is 14.1 Å². The fraction of sp³-hybridized carbons (Fsp3) is 0.208. The second-order valence-electron chi connectivity index (χ2n) is 16.3. The Morgan fingerprint density at radius 1 is 0.636 bits per heavy atom. The molecule has 0 saturated carbocycles. The molecule has 0 saturated heterocycles. The molecule has 7 nitrogen and oxygen atoms in total. The first-order valence-electron chi connectivity index (χ1n) is 18.6. The molecule has 4 aromatic carbocycles. The SMILES string of the molecule is CC(C)(C)C1=CC=C(c2nnc(C3=C=C=C(c4ccc5[nH]c6ccc(-c7ccc(C(=N)OC(=N)c8ccc(C(C)(C)C)cc8)cc7)cc6c5c4)C=C3)o2)CC1. The summed E-state index contributed by atoms with van der Waals surface area (Å²) in [7, 11) is 0. The fourth-order valence-corrected chi connectivity index (χ4v) is 6.98. The Kier molecular flexibility index (Phi) is 8.85. The number of hydrogen-bond acceptors (Lipinski definition) is 6. The van der Waals surface area contributed by atoms with E-state index in [-0.39, 0.29) is 22.6 Å². The quantitative estimate of drug-likeness (QED) is 0.0903. The van der Waals surface area contributed by atoms with Crippen molar-refractivity contribution in [3.63, 3.8) is 0 Å². The van der Waals surface area contributed by atoms with Crippen LogP contribution in [0.25, 0.3) is 49.7 Å². The van der Waals surface area contributed by atoms with E-state index in [0.717, 1.165) is 62.5 Å². The maximum atomic E-state index is 8.52. The summed E-state index contributed by atoms with van der Waals surface area (Å²) < 4.78 is 11.7. The van der Waals surface area contributed by atoms with Crippen molar-refractivity contribution in [3.05, 3.63) is 160 Å². The zero-order valence-electron chi connectivity index (χ0n) is 32.0. The van der Waals surface area contributed by atoms with Crippen molar-refractivity contribution in [2.24, 2.45) is 5.41 Å². The van der Waals surface area contributed by atoms with Gasteiger partial charge in [0.2, 0.25) is 17.7 Å². The number of H-pyrrole nitrogens is 1. The maximum absolute atomic E-state index is 8.52. The summed E-state index contributed by atoms with van der Waals surface area (Å²) in [6, 6.07) is 28.2. The molecule has 3 N–H and O–H groups in total. The molecule has 7 heteroatoms. The highest BCUT2D eigenvalue weighted by atomic mass is 16.5. The lowest BCUT2D eigenvalue weighted by atomic mass is 9.80. The van der Waals surface area contributed by atoms with Crippen LogP contribution in [-0.2, 0) is 10.2 Å². The van der Waals surface area contributed by atoms with Crippen molar-refractivity contribution >= 4 is 50.3 Å². The highest BCUT2D eigenvalue weighted by molar-refractivity contribution is 6.10. The normalized spacial score (nSPS) is 14.4. The zero-order valence-corrected chi connectivity index (χ0v) is 32.0. The lowest BCUT2D eigenvalue weighted by Crippen LogP contribution is -2.14. The molecule has 0 atom stereocenters. The predicted octanol–water partition coefficient (Wildman–Crippen LogP) is 12.0. The molecule has 2 aliphatic carbocycles. The highest BCUT2D eigenvalue weighted by Crippen LogP contribution is 2.37. The molecule has 55 heavy (non-hydrogen) atoms. The van der Waals surface area contributed by atoms with E-state index in [9.17, 15) is 0 Å². The van der Waals surface area contributed by atoms with Crippen LogP contribution in [0.5, 0.6) is 0 Å². The third-order valence-electron chi connectivity index (χ3n) is 10.4. The van der Waals surface area contributed by atoms with Gasteiger partial charge in [0.15, 0.2) is 0 Å². The molecule has 0 radical (unpaired) electrons. The topological polar surface area (TPSA) is 112 Å². The van der Waals surface area contributed by atoms with Crippen LogP contribution < -0.4 is 0 Å². The number of nitrogens with zero attached hydrogens (tertiary/aromatic N) is 2. The molecule has 8 rings (SSSR count). The Balaban J connectivity index is 1.00. The molecule has 0 fully saturated rings. The second-order valence-corrected chi connectivity index (χ2v) is 16.3. The van der Waals surface area contributed by atoms with Crippen LogP contribution in [0.1, 0.15) is 88.4 Å². The standard InChI is InChI=1S/C48H43N5O2/c1-47(2,3)37-21-15-32(16-22-37)44(50)54-43(49)31-11-7-29(8-12-31)35-19-25-41-39(27-35)40-28-36(20-26-42(40)51-41)30-9-13-33(14-10-30)45-52-53-46(55-45)34-17-23-38(24-18-34)48(4,5)6/h7-9,11-13,15-17,19-23,25-28,49-51H,18,24H2,1-6H3. The molecule has 0 unspecified atom stereocenters. The molecule has 272 valence electrons. The highest BCUT2D eigenvalue weighted by Gasteiger charge is 2.22. The van der Waals surface area contributed by atoms with Crippen molar-refractivity contribution in [1.82, 2.24) is 15.2 Å². The van der Waals surface area contributed by atoms with Crippen LogP contribution in [0.3, 0.4) is 0 Å². The number of aromatic amines is 1. The Labute approximate surface area is 321 Å². The van der Waals surface area contributed by atoms with Crippen LogP contribution in [-0.4, -0.2) is 27.0 Å². The van der Waals surface area contributed by atoms with Crippen LogP contribution in [0.4, 0.5) is 0 Å². The first kappa shape index (κ1) is 35.5. The average Bonchev–Trinajstić information content (AvgIpc) is 3.83. The minimum atomic E-state index is -0.0653. The fourth-order valence-electron chi connectivity index (χ4n) is 6.98. The van der Waals surface area contributed by atoms with Crippen molar-refractivity contribution in [3.8, 4) is 11.1 Å². The van der Waals surface area contributed by atoms with Crippen LogP contribution >= 0.6 is 0 Å². The summed E-state index contributed by atoms with van der Waals surface area (Å²) in [4.78, 5) is 3.55. The van der Waals surface area contributed by atoms with Gasteiger partial charge in [-0.2, -0.15) is 0 Å². The lowest BCUT2D eigenvalue weighted by Gasteiger charge is -2.25. The van der Waals surface area contributed by atoms with Gasteiger partial charge in [0, 0.05) is 44.1 Å². The summed E-state index contributed by atoms with van der Waals surface area (Å²) >= 11 is 0. The van der Waals surface area contributed by atoms with E-state index >= 15 is 0 Å². The number of benzene rings is 4. The summed E-state index contributed by atoms with van der Waals surface area (Å²) in [6.45, 7) is 13.2. The molecule has 0 aliphatic heterocycles. The number of allylic oxidation sites excluding steroid dienone is 8. The maximum Gasteiger partial charge on any atom is 0.256 e. The van der Waals surface area contributed by atoms with Gasteiger partial charge in [-0.25, -0.2) is 0 Å². The molecule has 0 bridgehead atoms. The zero-order chi connectivity index (χ0) is 38.5. The number of fused-ring (bicyclic) bond motifs is 3. The Hall–Kier alpha value is -6.52. The summed E-state index contributed by atoms with van der Waals surface area (Å²) in [5.74, 6) is 0.874. The van der Waals surface area contributed by atoms with Crippen molar-refractivity contribution in [2.75, 3.05) is 0 Å². The summed E-state index contributed by atoms with van der Waals surface area (Å²) in [5, 5.41) is 27.8. The van der Waals surface area contributed by atoms with E-state index in [1.807, 2.05) is 60.7 Å². The smallest absolute Gasteiger partial charge is 0.256 e. The van der Waals surface area contributed by atoms with Gasteiger partial charge in [-0.3, -0.25) is 10.8 Å². The van der Waals surface area contributed by atoms with Gasteiger partial charge in [-0.15, -0.1) is 10.2 Å². The van der Waals surface area contributed by atoms with Gasteiger partial charge >= 0.3 is 0 Å². The summed E-state index contributed by atoms with van der Waals surface area (Å²) in [5.41, 5.74) is 18.5. The van der Waals surface area contributed by atoms with Crippen LogP contribution in [0.15, 0.2) is 131 Å². The summed E-state index contributed by atoms with van der Waals surface area (Å²) in [6.07, 6.45) is 10.1. The Morgan fingerprint density at radius 3 is 1.78 bits per heavy atom. The van der Waals surface area contributed by atoms with Gasteiger partial charge in [0.25, 0.3) is 5.89 Å². The number of ether oxygens (including phenoxy) is 1. The lowest BCUT2D eigenvalue weighted by molar-refractivity contribution is 0.479. The van der Waals surface area contributed by atoms with E-state index < -0.39 is 0 Å². The van der Waals surface area contributed by atoms with Crippen molar-refractivity contribution < 1.29 is 9.15 Å². The van der Waals surface area contributed by atoms with Gasteiger partial charge in [0.05, 0.1) is 5.57 Å². The molecular weight excluding hydrogens is 679 g/mol. The Morgan fingerprint density at radius 2 is 1.20 bits per heavy atom. The first-order valence-corrected chi connectivity index (χ1v) is 18.6. The van der Waals surface area contributed by atoms with Crippen molar-refractivity contribution in [2.45, 2.75) is 59.8 Å². The number of nitrogens with one attached hydrogen (secondary N) is 3. The molecule has 0 amide bonds. The van der Waals surface area contributed by atoms with E-state index in [1.54, 1.807) is 0 Å². The molecular formula is C48H43N5O2. The third kappa shape index (κ3) is 7.24. The number of rotatable bonds is 6. The number of hydrogen-bond donors (Lipinski definition) is 3. The minimum absolute atomic E-state index is 0.0225. The first-order chi connectivity index (χ1) is 26.3. The van der Waals surface area contributed by atoms with Crippen LogP contribution in [0, 0.1) is 16.2 Å². The molecule has 2 heterocycles. The van der Waals surface area contributed by atoms with E-state index in [1.165, 1.54) is 11.1 Å². The molecule has 2 aromatic heterocycles. The van der Waals surface area contributed by atoms with E-state index in [0.29, 0.717) is 28.5 Å². The largest absolute Gasteiger partial charge is 0.421 e. The number of aromatic nitrogens is 3. The minimum Gasteiger partial charge on any atom is -0.421 e. The van der Waals surface area contributed by atoms with Crippen molar-refractivity contribution in [1.29, 1.82) is 10.8 Å². The third-order valence-corrected chi connectivity index (χ3v) is 10.4. The average molecular weight is 722 g/mol. The monoisotopic (exact) mass is 721 g/mol. The molecule has 6 aromatic rings. The molecule has 0 spiro atoms. The van der Waals surface area contributed by atoms with Gasteiger partial charge in [-0.1, -0.05) is 107 Å².